The fourth-order valence-corrected chi connectivity index (χ4v) is 3.88. The minimum absolute atomic E-state index is 0. The molecule has 0 spiro atoms. The third-order valence-corrected chi connectivity index (χ3v) is 5.63. The smallest absolute Gasteiger partial charge is 0.245 e. The highest BCUT2D eigenvalue weighted by molar-refractivity contribution is 5.74. The first-order valence-corrected chi connectivity index (χ1v) is 11.7. The van der Waals surface area contributed by atoms with Crippen LogP contribution in [0, 0.1) is 0 Å². The van der Waals surface area contributed by atoms with Gasteiger partial charge < -0.3 is 28.7 Å². The van der Waals surface area contributed by atoms with Crippen LogP contribution in [0.1, 0.15) is 111 Å². The molecule has 4 heteroatoms. The summed E-state index contributed by atoms with van der Waals surface area (Å²) in [5.74, 6) is 0.999. The van der Waals surface area contributed by atoms with Crippen LogP contribution in [-0.2, 0) is 0 Å². The molecule has 0 aliphatic carbocycles. The van der Waals surface area contributed by atoms with Gasteiger partial charge in [0.15, 0.2) is 11.0 Å². The highest BCUT2D eigenvalue weighted by Crippen LogP contribution is 2.23. The van der Waals surface area contributed by atoms with E-state index in [2.05, 4.69) is 68.3 Å². The molecular weight excluding hydrogens is 471 g/mol. The Hall–Kier alpha value is -0.780. The van der Waals surface area contributed by atoms with E-state index in [1.807, 2.05) is 0 Å². The number of ether oxygens (including phenoxy) is 1. The van der Waals surface area contributed by atoms with E-state index >= 15 is 0 Å². The van der Waals surface area contributed by atoms with Crippen LogP contribution in [-0.4, -0.2) is 11.2 Å². The second-order valence-corrected chi connectivity index (χ2v) is 8.80. The molecule has 0 unspecified atom stereocenters. The lowest BCUT2D eigenvalue weighted by Crippen LogP contribution is -3.00. The topological polar surface area (TPSA) is 18.0 Å². The van der Waals surface area contributed by atoms with E-state index in [0.29, 0.717) is 12.1 Å². The van der Waals surface area contributed by atoms with E-state index in [9.17, 15) is 0 Å². The number of benzene rings is 1. The second kappa shape index (κ2) is 14.3. The Morgan fingerprint density at radius 3 is 2.00 bits per heavy atom. The number of hydrogen-bond acceptors (Lipinski definition) is 1. The Balaban J connectivity index is 0.00000420. The number of unbranched alkanes of at least 4 members (excludes halogenated alkanes) is 9. The molecule has 29 heavy (non-hydrogen) atoms. The maximum Gasteiger partial charge on any atom is 0.245 e. The minimum Gasteiger partial charge on any atom is -1.00 e. The van der Waals surface area contributed by atoms with Gasteiger partial charge in [0.1, 0.15) is 5.75 Å². The normalized spacial score (nSPS) is 11.4. The van der Waals surface area contributed by atoms with E-state index in [-0.39, 0.29) is 24.0 Å². The summed E-state index contributed by atoms with van der Waals surface area (Å²) in [7, 11) is 0. The zero-order chi connectivity index (χ0) is 20.4. The highest BCUT2D eigenvalue weighted by Gasteiger charge is 2.20. The van der Waals surface area contributed by atoms with Gasteiger partial charge >= 0.3 is 0 Å². The number of fused-ring (bicyclic) bond motifs is 1. The van der Waals surface area contributed by atoms with Crippen LogP contribution in [0.3, 0.4) is 0 Å². The van der Waals surface area contributed by atoms with E-state index in [1.54, 1.807) is 0 Å². The molecule has 166 valence electrons. The SMILES string of the molecule is CCCCCCCCCCCCOc1ccc2c(c1)n(C(C)C)c[n+]2C(C)C.[I-]. The van der Waals surface area contributed by atoms with E-state index < -0.39 is 0 Å². The van der Waals surface area contributed by atoms with Gasteiger partial charge in [0.2, 0.25) is 6.33 Å². The molecule has 1 aromatic heterocycles. The van der Waals surface area contributed by atoms with Gasteiger partial charge in [-0.25, -0.2) is 9.13 Å². The first-order chi connectivity index (χ1) is 13.5. The van der Waals surface area contributed by atoms with Crippen LogP contribution >= 0.6 is 0 Å². The largest absolute Gasteiger partial charge is 1.00 e. The summed E-state index contributed by atoms with van der Waals surface area (Å²) in [5, 5.41) is 0. The van der Waals surface area contributed by atoms with Crippen molar-refractivity contribution in [3.63, 3.8) is 0 Å². The molecule has 1 aromatic carbocycles. The lowest BCUT2D eigenvalue weighted by molar-refractivity contribution is -0.692. The number of rotatable bonds is 14. The summed E-state index contributed by atoms with van der Waals surface area (Å²) < 4.78 is 10.8. The van der Waals surface area contributed by atoms with Crippen molar-refractivity contribution in [1.29, 1.82) is 0 Å². The lowest BCUT2D eigenvalue weighted by atomic mass is 10.1. The summed E-state index contributed by atoms with van der Waals surface area (Å²) in [6, 6.07) is 7.45. The molecule has 0 atom stereocenters. The van der Waals surface area contributed by atoms with Crippen LogP contribution in [0.5, 0.6) is 5.75 Å². The van der Waals surface area contributed by atoms with E-state index in [0.717, 1.165) is 18.8 Å². The van der Waals surface area contributed by atoms with E-state index in [1.165, 1.54) is 68.8 Å². The first kappa shape index (κ1) is 26.3. The zero-order valence-corrected chi connectivity index (χ0v) is 21.6. The van der Waals surface area contributed by atoms with Crippen molar-refractivity contribution in [3.05, 3.63) is 24.5 Å². The van der Waals surface area contributed by atoms with Crippen LogP contribution in [0.25, 0.3) is 11.0 Å². The van der Waals surface area contributed by atoms with Gasteiger partial charge in [-0.1, -0.05) is 64.7 Å². The van der Waals surface area contributed by atoms with Crippen LogP contribution in [0.15, 0.2) is 24.5 Å². The van der Waals surface area contributed by atoms with Gasteiger partial charge in [-0.05, 0) is 46.2 Å². The number of imidazole rings is 1. The molecule has 0 aliphatic rings. The lowest BCUT2D eigenvalue weighted by Gasteiger charge is -2.07. The predicted octanol–water partition coefficient (Wildman–Crippen LogP) is 4.39. The summed E-state index contributed by atoms with van der Waals surface area (Å²) in [6.07, 6.45) is 15.8. The summed E-state index contributed by atoms with van der Waals surface area (Å²) in [5.41, 5.74) is 2.55. The third kappa shape index (κ3) is 8.47. The van der Waals surface area contributed by atoms with Gasteiger partial charge in [-0.15, -0.1) is 0 Å². The van der Waals surface area contributed by atoms with Crippen molar-refractivity contribution in [2.24, 2.45) is 0 Å². The van der Waals surface area contributed by atoms with Crippen molar-refractivity contribution >= 4 is 11.0 Å². The fraction of sp³-hybridized carbons (Fsp3) is 0.720. The molecule has 0 amide bonds. The Bertz CT molecular complexity index is 693. The van der Waals surface area contributed by atoms with Gasteiger partial charge in [0.05, 0.1) is 18.7 Å². The third-order valence-electron chi connectivity index (χ3n) is 5.63. The van der Waals surface area contributed by atoms with Gasteiger partial charge in [-0.3, -0.25) is 0 Å². The molecule has 0 aliphatic heterocycles. The monoisotopic (exact) mass is 514 g/mol. The minimum atomic E-state index is 0. The molecule has 0 fully saturated rings. The molecule has 2 aromatic rings. The molecule has 0 radical (unpaired) electrons. The second-order valence-electron chi connectivity index (χ2n) is 8.80. The van der Waals surface area contributed by atoms with Crippen molar-refractivity contribution in [2.75, 3.05) is 6.61 Å². The molecule has 0 saturated carbocycles. The molecule has 1 heterocycles. The van der Waals surface area contributed by atoms with Gasteiger partial charge in [0, 0.05) is 6.07 Å². The molecule has 2 rings (SSSR count). The van der Waals surface area contributed by atoms with Crippen molar-refractivity contribution < 1.29 is 33.3 Å². The fourth-order valence-electron chi connectivity index (χ4n) is 3.88. The maximum atomic E-state index is 6.07. The van der Waals surface area contributed by atoms with Gasteiger partial charge in [-0.2, -0.15) is 0 Å². The molecule has 0 bridgehead atoms. The Morgan fingerprint density at radius 2 is 1.45 bits per heavy atom. The number of aromatic nitrogens is 2. The summed E-state index contributed by atoms with van der Waals surface area (Å²) in [4.78, 5) is 0. The van der Waals surface area contributed by atoms with Crippen LogP contribution in [0.2, 0.25) is 0 Å². The average Bonchev–Trinajstić information content (AvgIpc) is 3.05. The molecule has 3 nitrogen and oxygen atoms in total. The average molecular weight is 515 g/mol. The molecular formula is C25H43IN2O. The summed E-state index contributed by atoms with van der Waals surface area (Å²) >= 11 is 0. The Kier molecular flexibility index (Phi) is 12.9. The van der Waals surface area contributed by atoms with Gasteiger partial charge in [0.25, 0.3) is 0 Å². The van der Waals surface area contributed by atoms with Crippen molar-refractivity contribution in [2.45, 2.75) is 111 Å². The molecule has 0 saturated heterocycles. The predicted molar refractivity (Wildman–Crippen MR) is 120 cm³/mol. The maximum absolute atomic E-state index is 6.07. The number of halogens is 1. The number of nitrogens with zero attached hydrogens (tertiary/aromatic N) is 2. The van der Waals surface area contributed by atoms with Crippen LogP contribution in [0.4, 0.5) is 0 Å². The zero-order valence-electron chi connectivity index (χ0n) is 19.4. The standard InChI is InChI=1S/C25H43N2O.HI/c1-6-7-8-9-10-11-12-13-14-15-18-28-23-16-17-24-25(19-23)27(22(4)5)20-26(24)21(2)3;/h16-17,19-22H,6-15,18H2,1-5H3;1H/q+1;/p-1. The number of hydrogen-bond donors (Lipinski definition) is 0. The van der Waals surface area contributed by atoms with E-state index in [4.69, 9.17) is 4.74 Å². The molecule has 0 N–H and O–H groups in total. The summed E-state index contributed by atoms with van der Waals surface area (Å²) in [6.45, 7) is 12.1. The Labute approximate surface area is 196 Å². The quantitative estimate of drug-likeness (QED) is 0.208. The Morgan fingerprint density at radius 1 is 0.862 bits per heavy atom. The first-order valence-electron chi connectivity index (χ1n) is 11.7. The van der Waals surface area contributed by atoms with Crippen molar-refractivity contribution in [3.8, 4) is 5.75 Å². The van der Waals surface area contributed by atoms with Crippen molar-refractivity contribution in [1.82, 2.24) is 4.57 Å². The van der Waals surface area contributed by atoms with Crippen LogP contribution < -0.4 is 33.3 Å². The highest BCUT2D eigenvalue weighted by atomic mass is 127.